The van der Waals surface area contributed by atoms with Gasteiger partial charge >= 0.3 is 5.97 Å². The van der Waals surface area contributed by atoms with E-state index in [1.54, 1.807) is 12.1 Å². The molecule has 86 valence electrons. The van der Waals surface area contributed by atoms with Crippen LogP contribution in [0, 0.1) is 0 Å². The van der Waals surface area contributed by atoms with Gasteiger partial charge in [0.15, 0.2) is 0 Å². The number of hydrogen-bond donors (Lipinski definition) is 3. The van der Waals surface area contributed by atoms with E-state index in [1.165, 1.54) is 12.1 Å². The molecule has 3 N–H and O–H groups in total. The number of aliphatic hydroxyl groups is 1. The summed E-state index contributed by atoms with van der Waals surface area (Å²) in [6, 6.07) is 6.49. The van der Waals surface area contributed by atoms with Crippen LogP contribution < -0.4 is 5.32 Å². The van der Waals surface area contributed by atoms with Crippen LogP contribution in [0.25, 0.3) is 0 Å². The lowest BCUT2D eigenvalue weighted by atomic mass is 9.85. The van der Waals surface area contributed by atoms with Crippen molar-refractivity contribution in [1.82, 2.24) is 5.32 Å². The van der Waals surface area contributed by atoms with Gasteiger partial charge in [0, 0.05) is 0 Å². The van der Waals surface area contributed by atoms with Gasteiger partial charge in [0.25, 0.3) is 0 Å². The molecular weight excluding hydrogens is 206 g/mol. The number of piperidine rings is 1. The van der Waals surface area contributed by atoms with E-state index in [2.05, 4.69) is 5.32 Å². The molecule has 1 fully saturated rings. The zero-order valence-corrected chi connectivity index (χ0v) is 8.94. The Morgan fingerprint density at radius 2 is 1.75 bits per heavy atom. The normalized spacial score (nSPS) is 19.3. The van der Waals surface area contributed by atoms with Crippen molar-refractivity contribution in [3.05, 3.63) is 35.4 Å². The standard InChI is InChI=1S/C12H15NO3/c14-11(15)9-1-3-10(4-2-9)12(16)5-7-13-8-6-12/h1-4,13,16H,5-8H2,(H,14,15). The first-order chi connectivity index (χ1) is 7.62. The maximum absolute atomic E-state index is 10.7. The van der Waals surface area contributed by atoms with Crippen LogP contribution in [-0.4, -0.2) is 29.3 Å². The Balaban J connectivity index is 2.23. The summed E-state index contributed by atoms with van der Waals surface area (Å²) < 4.78 is 0. The molecule has 2 rings (SSSR count). The van der Waals surface area contributed by atoms with Crippen molar-refractivity contribution in [2.75, 3.05) is 13.1 Å². The van der Waals surface area contributed by atoms with E-state index in [1.807, 2.05) is 0 Å². The maximum atomic E-state index is 10.7. The number of aromatic carboxylic acids is 1. The van der Waals surface area contributed by atoms with E-state index in [0.29, 0.717) is 12.8 Å². The minimum Gasteiger partial charge on any atom is -0.478 e. The highest BCUT2D eigenvalue weighted by Gasteiger charge is 2.30. The number of hydrogen-bond acceptors (Lipinski definition) is 3. The molecule has 0 radical (unpaired) electrons. The van der Waals surface area contributed by atoms with Crippen molar-refractivity contribution < 1.29 is 15.0 Å². The largest absolute Gasteiger partial charge is 0.478 e. The molecule has 1 aromatic carbocycles. The first-order valence-corrected chi connectivity index (χ1v) is 5.39. The van der Waals surface area contributed by atoms with Gasteiger partial charge in [-0.3, -0.25) is 0 Å². The van der Waals surface area contributed by atoms with Crippen LogP contribution in [-0.2, 0) is 5.60 Å². The molecule has 0 aliphatic carbocycles. The molecule has 1 heterocycles. The van der Waals surface area contributed by atoms with Crippen molar-refractivity contribution in [2.24, 2.45) is 0 Å². The molecule has 16 heavy (non-hydrogen) atoms. The molecule has 0 saturated carbocycles. The van der Waals surface area contributed by atoms with E-state index in [0.717, 1.165) is 18.7 Å². The highest BCUT2D eigenvalue weighted by atomic mass is 16.4. The average Bonchev–Trinajstić information content (AvgIpc) is 2.30. The van der Waals surface area contributed by atoms with Crippen LogP contribution in [0.4, 0.5) is 0 Å². The molecule has 1 aliphatic heterocycles. The highest BCUT2D eigenvalue weighted by molar-refractivity contribution is 5.87. The van der Waals surface area contributed by atoms with Gasteiger partial charge in [-0.1, -0.05) is 12.1 Å². The third-order valence-electron chi connectivity index (χ3n) is 3.10. The number of rotatable bonds is 2. The SMILES string of the molecule is O=C(O)c1ccc(C2(O)CCNCC2)cc1. The summed E-state index contributed by atoms with van der Waals surface area (Å²) in [5.41, 5.74) is 0.253. The first kappa shape index (κ1) is 11.1. The van der Waals surface area contributed by atoms with Crippen molar-refractivity contribution in [1.29, 1.82) is 0 Å². The summed E-state index contributed by atoms with van der Waals surface area (Å²) in [5, 5.41) is 22.3. The number of carboxylic acid groups (broad SMARTS) is 1. The lowest BCUT2D eigenvalue weighted by Crippen LogP contribution is -2.39. The second-order valence-corrected chi connectivity index (χ2v) is 4.16. The summed E-state index contributed by atoms with van der Waals surface area (Å²) in [4.78, 5) is 10.7. The summed E-state index contributed by atoms with van der Waals surface area (Å²) in [6.45, 7) is 1.58. The quantitative estimate of drug-likeness (QED) is 0.695. The van der Waals surface area contributed by atoms with Crippen LogP contribution in [0.2, 0.25) is 0 Å². The molecule has 1 aromatic rings. The van der Waals surface area contributed by atoms with Gasteiger partial charge in [0.2, 0.25) is 0 Å². The molecule has 4 nitrogen and oxygen atoms in total. The van der Waals surface area contributed by atoms with E-state index in [-0.39, 0.29) is 5.56 Å². The summed E-state index contributed by atoms with van der Waals surface area (Å²) in [6.07, 6.45) is 1.33. The number of nitrogens with one attached hydrogen (secondary N) is 1. The first-order valence-electron chi connectivity index (χ1n) is 5.39. The monoisotopic (exact) mass is 221 g/mol. The van der Waals surface area contributed by atoms with Crippen molar-refractivity contribution >= 4 is 5.97 Å². The fourth-order valence-corrected chi connectivity index (χ4v) is 2.05. The molecule has 0 bridgehead atoms. The van der Waals surface area contributed by atoms with Gasteiger partial charge in [-0.25, -0.2) is 4.79 Å². The Morgan fingerprint density at radius 1 is 1.19 bits per heavy atom. The zero-order chi connectivity index (χ0) is 11.6. The molecule has 1 aliphatic rings. The molecule has 0 atom stereocenters. The summed E-state index contributed by atoms with van der Waals surface area (Å²) in [7, 11) is 0. The summed E-state index contributed by atoms with van der Waals surface area (Å²) >= 11 is 0. The Morgan fingerprint density at radius 3 is 2.25 bits per heavy atom. The third-order valence-corrected chi connectivity index (χ3v) is 3.10. The van der Waals surface area contributed by atoms with Gasteiger partial charge < -0.3 is 15.5 Å². The number of carbonyl (C=O) groups is 1. The lowest BCUT2D eigenvalue weighted by molar-refractivity contribution is 0.00589. The van der Waals surface area contributed by atoms with Crippen LogP contribution >= 0.6 is 0 Å². The van der Waals surface area contributed by atoms with Gasteiger partial charge in [-0.15, -0.1) is 0 Å². The highest BCUT2D eigenvalue weighted by Crippen LogP contribution is 2.30. The van der Waals surface area contributed by atoms with Gasteiger partial charge in [-0.2, -0.15) is 0 Å². The minimum absolute atomic E-state index is 0.251. The Hall–Kier alpha value is -1.39. The average molecular weight is 221 g/mol. The summed E-state index contributed by atoms with van der Waals surface area (Å²) in [5.74, 6) is -0.941. The fraction of sp³-hybridized carbons (Fsp3) is 0.417. The van der Waals surface area contributed by atoms with Crippen LogP contribution in [0.15, 0.2) is 24.3 Å². The van der Waals surface area contributed by atoms with Crippen LogP contribution in [0.5, 0.6) is 0 Å². The van der Waals surface area contributed by atoms with Crippen LogP contribution in [0.1, 0.15) is 28.8 Å². The molecule has 0 amide bonds. The van der Waals surface area contributed by atoms with E-state index in [4.69, 9.17) is 5.11 Å². The predicted octanol–water partition coefficient (Wildman–Crippen LogP) is 0.956. The minimum atomic E-state index is -0.941. The molecular formula is C12H15NO3. The van der Waals surface area contributed by atoms with Crippen molar-refractivity contribution in [2.45, 2.75) is 18.4 Å². The van der Waals surface area contributed by atoms with Crippen molar-refractivity contribution in [3.63, 3.8) is 0 Å². The second kappa shape index (κ2) is 4.23. The van der Waals surface area contributed by atoms with Gasteiger partial charge in [0.05, 0.1) is 11.2 Å². The molecule has 4 heteroatoms. The Kier molecular flexibility index (Phi) is 2.94. The fourth-order valence-electron chi connectivity index (χ4n) is 2.05. The van der Waals surface area contributed by atoms with E-state index in [9.17, 15) is 9.90 Å². The zero-order valence-electron chi connectivity index (χ0n) is 8.94. The molecule has 0 aromatic heterocycles. The number of benzene rings is 1. The Labute approximate surface area is 93.9 Å². The van der Waals surface area contributed by atoms with Gasteiger partial charge in [-0.05, 0) is 43.6 Å². The van der Waals surface area contributed by atoms with Crippen molar-refractivity contribution in [3.8, 4) is 0 Å². The third kappa shape index (κ3) is 2.08. The molecule has 0 unspecified atom stereocenters. The Bertz CT molecular complexity index is 380. The van der Waals surface area contributed by atoms with E-state index < -0.39 is 11.6 Å². The maximum Gasteiger partial charge on any atom is 0.335 e. The smallest absolute Gasteiger partial charge is 0.335 e. The molecule has 0 spiro atoms. The second-order valence-electron chi connectivity index (χ2n) is 4.16. The number of carboxylic acids is 1. The predicted molar refractivity (Wildman–Crippen MR) is 59.4 cm³/mol. The topological polar surface area (TPSA) is 69.6 Å². The van der Waals surface area contributed by atoms with Crippen LogP contribution in [0.3, 0.4) is 0 Å². The lowest BCUT2D eigenvalue weighted by Gasteiger charge is -2.33. The van der Waals surface area contributed by atoms with E-state index >= 15 is 0 Å². The van der Waals surface area contributed by atoms with Gasteiger partial charge in [0.1, 0.15) is 0 Å². The molecule has 1 saturated heterocycles.